The maximum absolute atomic E-state index is 13.0. The van der Waals surface area contributed by atoms with Crippen molar-refractivity contribution >= 4 is 23.1 Å². The summed E-state index contributed by atoms with van der Waals surface area (Å²) in [7, 11) is 0. The van der Waals surface area contributed by atoms with Gasteiger partial charge in [-0.15, -0.1) is 0 Å². The summed E-state index contributed by atoms with van der Waals surface area (Å²) in [4.78, 5) is 13.7. The Hall–Kier alpha value is -2.62. The van der Waals surface area contributed by atoms with E-state index in [-0.39, 0.29) is 11.8 Å². The van der Waals surface area contributed by atoms with Gasteiger partial charge in [-0.1, -0.05) is 19.6 Å². The van der Waals surface area contributed by atoms with E-state index in [1.807, 2.05) is 18.2 Å². The van der Waals surface area contributed by atoms with Crippen LogP contribution < -0.4 is 10.2 Å². The van der Waals surface area contributed by atoms with E-state index < -0.39 is 0 Å². The van der Waals surface area contributed by atoms with Gasteiger partial charge in [-0.3, -0.25) is 4.90 Å². The topological polar surface area (TPSA) is 32.3 Å². The summed E-state index contributed by atoms with van der Waals surface area (Å²) in [5, 5.41) is 2.84. The van der Waals surface area contributed by atoms with Crippen molar-refractivity contribution in [2.75, 3.05) is 10.2 Å². The van der Waals surface area contributed by atoms with Crippen molar-refractivity contribution in [2.45, 2.75) is 13.3 Å². The first-order valence-corrected chi connectivity index (χ1v) is 6.79. The molecule has 1 N–H and O–H groups in total. The minimum atomic E-state index is -0.338. The number of rotatable bonds is 2. The van der Waals surface area contributed by atoms with Gasteiger partial charge in [-0.05, 0) is 48.4 Å². The smallest absolute Gasteiger partial charge is 0.307 e. The van der Waals surface area contributed by atoms with Crippen LogP contribution in [0.2, 0.25) is 0 Å². The van der Waals surface area contributed by atoms with E-state index in [9.17, 15) is 9.18 Å². The highest BCUT2D eigenvalue weighted by Crippen LogP contribution is 2.35. The number of carbonyl (C=O) groups excluding carboxylic acids is 1. The highest BCUT2D eigenvalue weighted by molar-refractivity contribution is 6.16. The third-order valence-corrected chi connectivity index (χ3v) is 3.60. The first kappa shape index (κ1) is 13.4. The van der Waals surface area contributed by atoms with Crippen LogP contribution in [0.4, 0.5) is 20.6 Å². The van der Waals surface area contributed by atoms with Crippen molar-refractivity contribution in [1.82, 2.24) is 0 Å². The molecule has 2 aromatic carbocycles. The molecule has 3 nitrogen and oxygen atoms in total. The summed E-state index contributed by atoms with van der Waals surface area (Å²) in [6, 6.07) is 11.4. The molecular formula is C17H15FN2O. The summed E-state index contributed by atoms with van der Waals surface area (Å²) in [6.07, 6.45) is 0.908. The molecule has 0 aromatic heterocycles. The van der Waals surface area contributed by atoms with E-state index in [2.05, 4.69) is 18.8 Å². The van der Waals surface area contributed by atoms with Crippen LogP contribution >= 0.6 is 0 Å². The summed E-state index contributed by atoms with van der Waals surface area (Å²) in [5.74, 6) is -0.338. The van der Waals surface area contributed by atoms with Gasteiger partial charge in [0.05, 0.1) is 17.1 Å². The van der Waals surface area contributed by atoms with Gasteiger partial charge in [-0.2, -0.15) is 0 Å². The average Bonchev–Trinajstić information content (AvgIpc) is 2.49. The number of aryl methyl sites for hydroxylation is 1. The number of anilines is 2. The predicted octanol–water partition coefficient (Wildman–Crippen LogP) is 4.41. The number of nitrogens with one attached hydrogen (secondary N) is 1. The molecule has 3 rings (SSSR count). The van der Waals surface area contributed by atoms with Gasteiger partial charge < -0.3 is 5.32 Å². The van der Waals surface area contributed by atoms with Crippen LogP contribution in [0.1, 0.15) is 18.1 Å². The zero-order chi connectivity index (χ0) is 15.0. The van der Waals surface area contributed by atoms with Crippen LogP contribution in [0.15, 0.2) is 49.0 Å². The molecule has 0 bridgehead atoms. The number of fused-ring (bicyclic) bond motifs is 1. The minimum absolute atomic E-state index is 0.289. The van der Waals surface area contributed by atoms with E-state index in [0.717, 1.165) is 17.7 Å². The molecule has 0 radical (unpaired) electrons. The van der Waals surface area contributed by atoms with Crippen LogP contribution in [0.25, 0.3) is 5.70 Å². The monoisotopic (exact) mass is 282 g/mol. The number of hydrogen-bond donors (Lipinski definition) is 1. The maximum Gasteiger partial charge on any atom is 0.330 e. The molecule has 0 saturated carbocycles. The Balaban J connectivity index is 2.05. The molecule has 21 heavy (non-hydrogen) atoms. The number of urea groups is 1. The van der Waals surface area contributed by atoms with Gasteiger partial charge in [0.1, 0.15) is 5.82 Å². The standard InChI is InChI=1S/C17H15FN2O/c1-3-12-4-9-16-15(10-12)11(2)20(17(21)19-16)14-7-5-13(18)6-8-14/h4-10H,2-3H2,1H3,(H,19,21). The minimum Gasteiger partial charge on any atom is -0.307 e. The van der Waals surface area contributed by atoms with Crippen molar-refractivity contribution in [1.29, 1.82) is 0 Å². The lowest BCUT2D eigenvalue weighted by atomic mass is 10.0. The zero-order valence-electron chi connectivity index (χ0n) is 11.7. The summed E-state index contributed by atoms with van der Waals surface area (Å²) < 4.78 is 13.0. The van der Waals surface area contributed by atoms with Crippen LogP contribution in [0.5, 0.6) is 0 Å². The van der Waals surface area contributed by atoms with Crippen molar-refractivity contribution < 1.29 is 9.18 Å². The normalized spacial score (nSPS) is 13.9. The molecule has 4 heteroatoms. The van der Waals surface area contributed by atoms with Crippen LogP contribution in [-0.4, -0.2) is 6.03 Å². The van der Waals surface area contributed by atoms with E-state index in [1.54, 1.807) is 12.1 Å². The molecule has 0 spiro atoms. The largest absolute Gasteiger partial charge is 0.330 e. The molecule has 106 valence electrons. The third-order valence-electron chi connectivity index (χ3n) is 3.60. The zero-order valence-corrected chi connectivity index (χ0v) is 11.7. The fourth-order valence-corrected chi connectivity index (χ4v) is 2.44. The van der Waals surface area contributed by atoms with Gasteiger partial charge in [0.2, 0.25) is 0 Å². The van der Waals surface area contributed by atoms with E-state index in [0.29, 0.717) is 11.4 Å². The van der Waals surface area contributed by atoms with Crippen LogP contribution in [-0.2, 0) is 6.42 Å². The van der Waals surface area contributed by atoms with Crippen LogP contribution in [0.3, 0.4) is 0 Å². The molecule has 2 aromatic rings. The predicted molar refractivity (Wildman–Crippen MR) is 82.8 cm³/mol. The Bertz CT molecular complexity index is 722. The SMILES string of the molecule is C=C1c2cc(CC)ccc2NC(=O)N1c1ccc(F)cc1. The number of nitrogens with zero attached hydrogens (tertiary/aromatic N) is 1. The Morgan fingerprint density at radius 2 is 1.90 bits per heavy atom. The molecule has 2 amide bonds. The quantitative estimate of drug-likeness (QED) is 0.869. The molecule has 1 heterocycles. The van der Waals surface area contributed by atoms with E-state index >= 15 is 0 Å². The van der Waals surface area contributed by atoms with Crippen molar-refractivity contribution in [3.05, 3.63) is 66.0 Å². The summed E-state index contributed by atoms with van der Waals surface area (Å²) in [6.45, 7) is 6.11. The molecule has 0 atom stereocenters. The highest BCUT2D eigenvalue weighted by atomic mass is 19.1. The lowest BCUT2D eigenvalue weighted by Gasteiger charge is -2.31. The average molecular weight is 282 g/mol. The van der Waals surface area contributed by atoms with Crippen molar-refractivity contribution in [3.8, 4) is 0 Å². The first-order valence-electron chi connectivity index (χ1n) is 6.79. The maximum atomic E-state index is 13.0. The molecule has 0 saturated heterocycles. The summed E-state index contributed by atoms with van der Waals surface area (Å²) in [5.41, 5.74) is 3.99. The number of halogens is 1. The van der Waals surface area contributed by atoms with Gasteiger partial charge in [0.15, 0.2) is 0 Å². The van der Waals surface area contributed by atoms with Crippen molar-refractivity contribution in [3.63, 3.8) is 0 Å². The van der Waals surface area contributed by atoms with Gasteiger partial charge >= 0.3 is 6.03 Å². The highest BCUT2D eigenvalue weighted by Gasteiger charge is 2.27. The number of hydrogen-bond acceptors (Lipinski definition) is 1. The molecule has 0 aliphatic carbocycles. The fourth-order valence-electron chi connectivity index (χ4n) is 2.44. The van der Waals surface area contributed by atoms with E-state index in [4.69, 9.17) is 0 Å². The Labute approximate surface area is 122 Å². The Morgan fingerprint density at radius 3 is 2.57 bits per heavy atom. The third kappa shape index (κ3) is 2.29. The number of benzene rings is 2. The molecular weight excluding hydrogens is 267 g/mol. The molecule has 0 unspecified atom stereocenters. The second-order valence-corrected chi connectivity index (χ2v) is 4.92. The lowest BCUT2D eigenvalue weighted by molar-refractivity contribution is 0.259. The molecule has 0 fully saturated rings. The van der Waals surface area contributed by atoms with Gasteiger partial charge in [-0.25, -0.2) is 9.18 Å². The summed E-state index contributed by atoms with van der Waals surface area (Å²) >= 11 is 0. The molecule has 1 aliphatic rings. The second kappa shape index (κ2) is 5.05. The van der Waals surface area contributed by atoms with Gasteiger partial charge in [0.25, 0.3) is 0 Å². The lowest BCUT2D eigenvalue weighted by Crippen LogP contribution is -2.37. The Kier molecular flexibility index (Phi) is 3.22. The first-order chi connectivity index (χ1) is 10.1. The fraction of sp³-hybridized carbons (Fsp3) is 0.118. The van der Waals surface area contributed by atoms with E-state index in [1.165, 1.54) is 22.6 Å². The number of amides is 2. The second-order valence-electron chi connectivity index (χ2n) is 4.92. The molecule has 1 aliphatic heterocycles. The Morgan fingerprint density at radius 1 is 1.19 bits per heavy atom. The number of carbonyl (C=O) groups is 1. The van der Waals surface area contributed by atoms with Crippen LogP contribution in [0, 0.1) is 5.82 Å². The van der Waals surface area contributed by atoms with Crippen molar-refractivity contribution in [2.24, 2.45) is 0 Å². The van der Waals surface area contributed by atoms with Gasteiger partial charge in [0, 0.05) is 5.56 Å².